The Morgan fingerprint density at radius 1 is 1.61 bits per heavy atom. The zero-order valence-electron chi connectivity index (χ0n) is 11.0. The van der Waals surface area contributed by atoms with Gasteiger partial charge in [-0.25, -0.2) is 0 Å². The minimum absolute atomic E-state index is 0.336. The summed E-state index contributed by atoms with van der Waals surface area (Å²) in [4.78, 5) is 11.1. The first-order valence-corrected chi connectivity index (χ1v) is 6.81. The molecule has 1 aromatic rings. The molecular weight excluding hydrogens is 298 g/mol. The van der Waals surface area contributed by atoms with Crippen molar-refractivity contribution in [3.05, 3.63) is 16.4 Å². The van der Waals surface area contributed by atoms with Gasteiger partial charge in [-0.3, -0.25) is 9.48 Å². The van der Waals surface area contributed by atoms with Crippen molar-refractivity contribution in [1.82, 2.24) is 15.1 Å². The molecule has 1 aromatic heterocycles. The summed E-state index contributed by atoms with van der Waals surface area (Å²) in [5.41, 5.74) is 1.02. The van der Waals surface area contributed by atoms with Gasteiger partial charge in [0, 0.05) is 20.1 Å². The molecule has 18 heavy (non-hydrogen) atoms. The van der Waals surface area contributed by atoms with E-state index in [1.165, 1.54) is 0 Å². The molecule has 0 aliphatic heterocycles. The van der Waals surface area contributed by atoms with Crippen LogP contribution < -0.4 is 5.32 Å². The monoisotopic (exact) mass is 317 g/mol. The Bertz CT molecular complexity index is 385. The number of halogens is 1. The first-order chi connectivity index (χ1) is 8.41. The molecule has 2 N–H and O–H groups in total. The number of aliphatic carboxylic acids is 1. The van der Waals surface area contributed by atoms with Crippen LogP contribution in [0.2, 0.25) is 0 Å². The molecule has 0 aliphatic carbocycles. The summed E-state index contributed by atoms with van der Waals surface area (Å²) in [5.74, 6) is -0.686. The van der Waals surface area contributed by atoms with E-state index in [1.807, 2.05) is 20.9 Å². The van der Waals surface area contributed by atoms with E-state index in [9.17, 15) is 4.79 Å². The van der Waals surface area contributed by atoms with Crippen molar-refractivity contribution in [3.63, 3.8) is 0 Å². The molecule has 0 amide bonds. The molecule has 1 rings (SSSR count). The van der Waals surface area contributed by atoms with E-state index in [0.717, 1.165) is 10.2 Å². The molecule has 0 bridgehead atoms. The summed E-state index contributed by atoms with van der Waals surface area (Å²) in [6, 6.07) is 0. The minimum Gasteiger partial charge on any atom is -0.481 e. The Hall–Kier alpha value is -0.880. The highest BCUT2D eigenvalue weighted by atomic mass is 79.9. The fourth-order valence-corrected chi connectivity index (χ4v) is 2.33. The quantitative estimate of drug-likeness (QED) is 0.807. The zero-order valence-corrected chi connectivity index (χ0v) is 12.6. The van der Waals surface area contributed by atoms with Gasteiger partial charge in [-0.2, -0.15) is 5.10 Å². The van der Waals surface area contributed by atoms with E-state index in [-0.39, 0.29) is 5.92 Å². The Morgan fingerprint density at radius 2 is 2.28 bits per heavy atom. The van der Waals surface area contributed by atoms with Crippen LogP contribution in [0.1, 0.15) is 26.0 Å². The summed E-state index contributed by atoms with van der Waals surface area (Å²) in [5, 5.41) is 16.4. The van der Waals surface area contributed by atoms with Gasteiger partial charge in [0.05, 0.1) is 22.3 Å². The zero-order chi connectivity index (χ0) is 13.7. The number of carbonyl (C=O) groups is 1. The normalized spacial score (nSPS) is 12.9. The predicted octanol–water partition coefficient (Wildman–Crippen LogP) is 2.02. The number of hydrogen-bond donors (Lipinski definition) is 2. The number of aromatic nitrogens is 2. The third-order valence-electron chi connectivity index (χ3n) is 2.80. The molecule has 0 aliphatic rings. The third-order valence-corrected chi connectivity index (χ3v) is 3.46. The fraction of sp³-hybridized carbons (Fsp3) is 0.667. The maximum absolute atomic E-state index is 11.1. The largest absolute Gasteiger partial charge is 0.481 e. The fourth-order valence-electron chi connectivity index (χ4n) is 1.84. The first kappa shape index (κ1) is 15.2. The molecule has 5 nitrogen and oxygen atoms in total. The van der Waals surface area contributed by atoms with Crippen molar-refractivity contribution in [1.29, 1.82) is 0 Å². The van der Waals surface area contributed by atoms with Gasteiger partial charge in [0.2, 0.25) is 0 Å². The Morgan fingerprint density at radius 3 is 2.72 bits per heavy atom. The average Bonchev–Trinajstić information content (AvgIpc) is 2.58. The number of hydrogen-bond acceptors (Lipinski definition) is 3. The average molecular weight is 318 g/mol. The molecule has 6 heteroatoms. The molecule has 0 saturated carbocycles. The summed E-state index contributed by atoms with van der Waals surface area (Å²) >= 11 is 3.41. The van der Waals surface area contributed by atoms with E-state index in [1.54, 1.807) is 10.9 Å². The lowest BCUT2D eigenvalue weighted by Crippen LogP contribution is -2.29. The maximum atomic E-state index is 11.1. The van der Waals surface area contributed by atoms with Gasteiger partial charge < -0.3 is 10.4 Å². The first-order valence-electron chi connectivity index (χ1n) is 6.01. The highest BCUT2D eigenvalue weighted by Crippen LogP contribution is 2.15. The number of rotatable bonds is 7. The maximum Gasteiger partial charge on any atom is 0.307 e. The lowest BCUT2D eigenvalue weighted by atomic mass is 9.97. The third kappa shape index (κ3) is 4.42. The molecule has 0 spiro atoms. The summed E-state index contributed by atoms with van der Waals surface area (Å²) in [6.45, 7) is 5.16. The van der Waals surface area contributed by atoms with Crippen molar-refractivity contribution < 1.29 is 9.90 Å². The van der Waals surface area contributed by atoms with Crippen LogP contribution >= 0.6 is 15.9 Å². The SMILES string of the molecule is CC(C)CC(CNCc1c(Br)cnn1C)C(=O)O. The Labute approximate surface area is 116 Å². The molecule has 0 aromatic carbocycles. The van der Waals surface area contributed by atoms with Crippen LogP contribution in [0.5, 0.6) is 0 Å². The van der Waals surface area contributed by atoms with E-state index in [2.05, 4.69) is 26.3 Å². The molecule has 102 valence electrons. The molecule has 0 radical (unpaired) electrons. The van der Waals surface area contributed by atoms with E-state index < -0.39 is 5.97 Å². The van der Waals surface area contributed by atoms with Gasteiger partial charge >= 0.3 is 5.97 Å². The Kier molecular flexibility index (Phi) is 5.81. The van der Waals surface area contributed by atoms with E-state index in [0.29, 0.717) is 25.4 Å². The second kappa shape index (κ2) is 6.89. The lowest BCUT2D eigenvalue weighted by molar-refractivity contribution is -0.142. The van der Waals surface area contributed by atoms with Crippen LogP contribution in [-0.2, 0) is 18.4 Å². The topological polar surface area (TPSA) is 67.2 Å². The standard InChI is InChI=1S/C12H20BrN3O2/c1-8(2)4-9(12(17)18)5-14-7-11-10(13)6-15-16(11)3/h6,8-9,14H,4-5,7H2,1-3H3,(H,17,18). The number of aryl methyl sites for hydroxylation is 1. The summed E-state index contributed by atoms with van der Waals surface area (Å²) in [6.07, 6.45) is 2.43. The second-order valence-corrected chi connectivity index (χ2v) is 5.71. The van der Waals surface area contributed by atoms with Crippen LogP contribution in [0.25, 0.3) is 0 Å². The van der Waals surface area contributed by atoms with Crippen molar-refractivity contribution in [3.8, 4) is 0 Å². The minimum atomic E-state index is -0.736. The van der Waals surface area contributed by atoms with Gasteiger partial charge in [-0.15, -0.1) is 0 Å². The Balaban J connectivity index is 2.46. The summed E-state index contributed by atoms with van der Waals surface area (Å²) < 4.78 is 2.71. The van der Waals surface area contributed by atoms with Gasteiger partial charge in [0.15, 0.2) is 0 Å². The van der Waals surface area contributed by atoms with Crippen LogP contribution in [0.4, 0.5) is 0 Å². The van der Waals surface area contributed by atoms with Gasteiger partial charge in [0.25, 0.3) is 0 Å². The van der Waals surface area contributed by atoms with E-state index in [4.69, 9.17) is 5.11 Å². The number of carboxylic acid groups (broad SMARTS) is 1. The molecule has 0 fully saturated rings. The summed E-state index contributed by atoms with van der Waals surface area (Å²) in [7, 11) is 1.87. The lowest BCUT2D eigenvalue weighted by Gasteiger charge is -2.15. The number of carboxylic acids is 1. The molecule has 0 saturated heterocycles. The van der Waals surface area contributed by atoms with Crippen molar-refractivity contribution in [2.45, 2.75) is 26.8 Å². The van der Waals surface area contributed by atoms with Crippen LogP contribution in [0.15, 0.2) is 10.7 Å². The predicted molar refractivity (Wildman–Crippen MR) is 73.2 cm³/mol. The highest BCUT2D eigenvalue weighted by molar-refractivity contribution is 9.10. The van der Waals surface area contributed by atoms with Crippen molar-refractivity contribution in [2.75, 3.05) is 6.54 Å². The van der Waals surface area contributed by atoms with E-state index >= 15 is 0 Å². The van der Waals surface area contributed by atoms with Crippen LogP contribution in [-0.4, -0.2) is 27.4 Å². The number of nitrogens with one attached hydrogen (secondary N) is 1. The highest BCUT2D eigenvalue weighted by Gasteiger charge is 2.18. The van der Waals surface area contributed by atoms with Gasteiger partial charge in [-0.1, -0.05) is 13.8 Å². The van der Waals surface area contributed by atoms with Gasteiger partial charge in [0.1, 0.15) is 0 Å². The number of nitrogens with zero attached hydrogens (tertiary/aromatic N) is 2. The van der Waals surface area contributed by atoms with Crippen molar-refractivity contribution in [2.24, 2.45) is 18.9 Å². The van der Waals surface area contributed by atoms with Crippen LogP contribution in [0.3, 0.4) is 0 Å². The second-order valence-electron chi connectivity index (χ2n) is 4.86. The van der Waals surface area contributed by atoms with Crippen molar-refractivity contribution >= 4 is 21.9 Å². The molecule has 1 heterocycles. The molecule has 1 unspecified atom stereocenters. The van der Waals surface area contributed by atoms with Crippen LogP contribution in [0, 0.1) is 11.8 Å². The van der Waals surface area contributed by atoms with Gasteiger partial charge in [-0.05, 0) is 28.3 Å². The molecule has 1 atom stereocenters. The molecular formula is C12H20BrN3O2. The smallest absolute Gasteiger partial charge is 0.307 e.